The number of nitrogens with zero attached hydrogens (tertiary/aromatic N) is 2. The molecule has 2 amide bonds. The van der Waals surface area contributed by atoms with Crippen LogP contribution in [0.5, 0.6) is 0 Å². The number of amides is 2. The first-order valence-electron chi connectivity index (χ1n) is 8.10. The summed E-state index contributed by atoms with van der Waals surface area (Å²) in [6, 6.07) is 8.23. The molecule has 0 saturated heterocycles. The summed E-state index contributed by atoms with van der Waals surface area (Å²) in [6.07, 6.45) is 6.57. The molecule has 0 radical (unpaired) electrons. The second-order valence-electron chi connectivity index (χ2n) is 6.01. The second-order valence-corrected chi connectivity index (χ2v) is 6.01. The van der Waals surface area contributed by atoms with E-state index in [-0.39, 0.29) is 12.1 Å². The highest BCUT2D eigenvalue weighted by molar-refractivity contribution is 5.74. The third-order valence-corrected chi connectivity index (χ3v) is 3.93. The van der Waals surface area contributed by atoms with Crippen LogP contribution in [-0.4, -0.2) is 28.2 Å². The molecule has 0 fully saturated rings. The summed E-state index contributed by atoms with van der Waals surface area (Å²) in [6.45, 7) is 4.61. The highest BCUT2D eigenvalue weighted by Gasteiger charge is 2.08. The van der Waals surface area contributed by atoms with Crippen LogP contribution < -0.4 is 10.6 Å². The third-order valence-electron chi connectivity index (χ3n) is 3.93. The summed E-state index contributed by atoms with van der Waals surface area (Å²) in [5.41, 5.74) is 3.42. The summed E-state index contributed by atoms with van der Waals surface area (Å²) in [4.78, 5) is 16.1. The SMILES string of the molecule is Cc1ccc(CCNC(=O)N[C@@H](C)CCc2cccn2C)cn1. The first kappa shape index (κ1) is 17.1. The topological polar surface area (TPSA) is 59.0 Å². The van der Waals surface area contributed by atoms with Gasteiger partial charge in [0, 0.05) is 43.4 Å². The van der Waals surface area contributed by atoms with E-state index in [1.165, 1.54) is 5.69 Å². The van der Waals surface area contributed by atoms with E-state index >= 15 is 0 Å². The Kier molecular flexibility index (Phi) is 6.20. The molecule has 0 aliphatic rings. The molecule has 5 nitrogen and oxygen atoms in total. The van der Waals surface area contributed by atoms with E-state index in [9.17, 15) is 4.79 Å². The van der Waals surface area contributed by atoms with E-state index in [1.807, 2.05) is 51.5 Å². The Labute approximate surface area is 138 Å². The summed E-state index contributed by atoms with van der Waals surface area (Å²) < 4.78 is 2.11. The Hall–Kier alpha value is -2.30. The Morgan fingerprint density at radius 3 is 2.78 bits per heavy atom. The number of aromatic nitrogens is 2. The highest BCUT2D eigenvalue weighted by atomic mass is 16.2. The van der Waals surface area contributed by atoms with Crippen LogP contribution in [-0.2, 0) is 19.9 Å². The zero-order chi connectivity index (χ0) is 16.7. The molecule has 1 atom stereocenters. The zero-order valence-corrected chi connectivity index (χ0v) is 14.2. The van der Waals surface area contributed by atoms with Crippen molar-refractivity contribution in [1.82, 2.24) is 20.2 Å². The van der Waals surface area contributed by atoms with Crippen LogP contribution >= 0.6 is 0 Å². The van der Waals surface area contributed by atoms with Crippen LogP contribution in [0, 0.1) is 6.92 Å². The maximum atomic E-state index is 11.9. The number of carbonyl (C=O) groups excluding carboxylic acids is 1. The average Bonchev–Trinajstić information content (AvgIpc) is 2.92. The largest absolute Gasteiger partial charge is 0.354 e. The molecular weight excluding hydrogens is 288 g/mol. The smallest absolute Gasteiger partial charge is 0.315 e. The Balaban J connectivity index is 1.64. The minimum Gasteiger partial charge on any atom is -0.354 e. The predicted molar refractivity (Wildman–Crippen MR) is 92.4 cm³/mol. The molecule has 23 heavy (non-hydrogen) atoms. The first-order chi connectivity index (χ1) is 11.0. The number of urea groups is 1. The number of hydrogen-bond donors (Lipinski definition) is 2. The lowest BCUT2D eigenvalue weighted by molar-refractivity contribution is 0.237. The molecule has 2 heterocycles. The normalized spacial score (nSPS) is 12.0. The number of aryl methyl sites for hydroxylation is 3. The van der Waals surface area contributed by atoms with Crippen molar-refractivity contribution in [2.24, 2.45) is 7.05 Å². The van der Waals surface area contributed by atoms with E-state index in [0.29, 0.717) is 6.54 Å². The molecule has 2 rings (SSSR count). The van der Waals surface area contributed by atoms with Crippen molar-refractivity contribution in [3.63, 3.8) is 0 Å². The van der Waals surface area contributed by atoms with Gasteiger partial charge in [0.15, 0.2) is 0 Å². The zero-order valence-electron chi connectivity index (χ0n) is 14.2. The summed E-state index contributed by atoms with van der Waals surface area (Å²) in [7, 11) is 2.04. The van der Waals surface area contributed by atoms with Crippen molar-refractivity contribution in [3.8, 4) is 0 Å². The molecule has 0 unspecified atom stereocenters. The number of nitrogens with one attached hydrogen (secondary N) is 2. The van der Waals surface area contributed by atoms with Gasteiger partial charge in [-0.15, -0.1) is 0 Å². The molecule has 0 aliphatic heterocycles. The molecule has 0 saturated carbocycles. The Morgan fingerprint density at radius 2 is 2.13 bits per heavy atom. The summed E-state index contributed by atoms with van der Waals surface area (Å²) in [5, 5.41) is 5.88. The molecule has 5 heteroatoms. The average molecular weight is 314 g/mol. The van der Waals surface area contributed by atoms with E-state index < -0.39 is 0 Å². The number of hydrogen-bond acceptors (Lipinski definition) is 2. The van der Waals surface area contributed by atoms with Gasteiger partial charge in [-0.25, -0.2) is 4.79 Å². The summed E-state index contributed by atoms with van der Waals surface area (Å²) >= 11 is 0. The van der Waals surface area contributed by atoms with E-state index in [4.69, 9.17) is 0 Å². The van der Waals surface area contributed by atoms with Gasteiger partial charge < -0.3 is 15.2 Å². The predicted octanol–water partition coefficient (Wildman–Crippen LogP) is 2.59. The lowest BCUT2D eigenvalue weighted by atomic mass is 10.1. The Bertz CT molecular complexity index is 618. The standard InChI is InChI=1S/C18H26N4O/c1-14-6-8-16(13-20-14)10-11-19-18(23)21-15(2)7-9-17-5-4-12-22(17)3/h4-6,8,12-13,15H,7,9-11H2,1-3H3,(H2,19,21,23)/t15-/m0/s1. The van der Waals surface area contributed by atoms with Gasteiger partial charge >= 0.3 is 6.03 Å². The van der Waals surface area contributed by atoms with Crippen molar-refractivity contribution in [2.75, 3.05) is 6.54 Å². The Morgan fingerprint density at radius 1 is 1.30 bits per heavy atom. The maximum absolute atomic E-state index is 11.9. The lowest BCUT2D eigenvalue weighted by Crippen LogP contribution is -2.41. The van der Waals surface area contributed by atoms with Crippen LogP contribution in [0.4, 0.5) is 4.79 Å². The fraction of sp³-hybridized carbons (Fsp3) is 0.444. The fourth-order valence-electron chi connectivity index (χ4n) is 2.43. The van der Waals surface area contributed by atoms with Gasteiger partial charge in [-0.1, -0.05) is 6.07 Å². The molecule has 0 bridgehead atoms. The lowest BCUT2D eigenvalue weighted by Gasteiger charge is -2.15. The first-order valence-corrected chi connectivity index (χ1v) is 8.10. The van der Waals surface area contributed by atoms with E-state index in [2.05, 4.69) is 26.3 Å². The number of pyridine rings is 1. The monoisotopic (exact) mass is 314 g/mol. The van der Waals surface area contributed by atoms with Crippen LogP contribution in [0.1, 0.15) is 30.3 Å². The minimum absolute atomic E-state index is 0.107. The van der Waals surface area contributed by atoms with Gasteiger partial charge in [-0.05, 0) is 56.9 Å². The van der Waals surface area contributed by atoms with Gasteiger partial charge in [-0.2, -0.15) is 0 Å². The number of rotatable bonds is 7. The molecule has 124 valence electrons. The van der Waals surface area contributed by atoms with Crippen LogP contribution in [0.15, 0.2) is 36.7 Å². The van der Waals surface area contributed by atoms with Crippen molar-refractivity contribution in [3.05, 3.63) is 53.6 Å². The van der Waals surface area contributed by atoms with Gasteiger partial charge in [-0.3, -0.25) is 4.98 Å². The molecule has 2 N–H and O–H groups in total. The van der Waals surface area contributed by atoms with Crippen molar-refractivity contribution in [2.45, 2.75) is 39.2 Å². The molecular formula is C18H26N4O. The van der Waals surface area contributed by atoms with Crippen LogP contribution in [0.3, 0.4) is 0 Å². The highest BCUT2D eigenvalue weighted by Crippen LogP contribution is 2.05. The molecule has 2 aromatic heterocycles. The van der Waals surface area contributed by atoms with Crippen molar-refractivity contribution >= 4 is 6.03 Å². The number of carbonyl (C=O) groups is 1. The summed E-state index contributed by atoms with van der Waals surface area (Å²) in [5.74, 6) is 0. The molecule has 2 aromatic rings. The van der Waals surface area contributed by atoms with E-state index in [1.54, 1.807) is 0 Å². The van der Waals surface area contributed by atoms with Gasteiger partial charge in [0.1, 0.15) is 0 Å². The van der Waals surface area contributed by atoms with E-state index in [0.717, 1.165) is 30.5 Å². The van der Waals surface area contributed by atoms with Gasteiger partial charge in [0.05, 0.1) is 0 Å². The quantitative estimate of drug-likeness (QED) is 0.825. The third kappa shape index (κ3) is 5.77. The second kappa shape index (κ2) is 8.36. The van der Waals surface area contributed by atoms with Crippen molar-refractivity contribution < 1.29 is 4.79 Å². The van der Waals surface area contributed by atoms with Crippen molar-refractivity contribution in [1.29, 1.82) is 0 Å². The minimum atomic E-state index is -0.107. The molecule has 0 aromatic carbocycles. The van der Waals surface area contributed by atoms with Gasteiger partial charge in [0.25, 0.3) is 0 Å². The maximum Gasteiger partial charge on any atom is 0.315 e. The molecule has 0 spiro atoms. The van der Waals surface area contributed by atoms with Crippen LogP contribution in [0.2, 0.25) is 0 Å². The fourth-order valence-corrected chi connectivity index (χ4v) is 2.43. The van der Waals surface area contributed by atoms with Gasteiger partial charge in [0.2, 0.25) is 0 Å². The molecule has 0 aliphatic carbocycles. The van der Waals surface area contributed by atoms with Crippen LogP contribution in [0.25, 0.3) is 0 Å².